The van der Waals surface area contributed by atoms with Crippen molar-refractivity contribution in [3.63, 3.8) is 0 Å². The van der Waals surface area contributed by atoms with Gasteiger partial charge in [-0.25, -0.2) is 9.69 Å². The third kappa shape index (κ3) is 4.96. The fraction of sp³-hybridized carbons (Fsp3) is 0.889. The van der Waals surface area contributed by atoms with Gasteiger partial charge in [0, 0.05) is 6.42 Å². The van der Waals surface area contributed by atoms with Gasteiger partial charge in [0.05, 0.1) is 12.6 Å². The van der Waals surface area contributed by atoms with E-state index in [0.29, 0.717) is 6.42 Å². The van der Waals surface area contributed by atoms with Crippen LogP contribution in [0.3, 0.4) is 0 Å². The van der Waals surface area contributed by atoms with E-state index in [1.807, 2.05) is 0 Å². The molecular formula is C18H37NO5Si2. The summed E-state index contributed by atoms with van der Waals surface area (Å²) in [6.45, 7) is 21.4. The predicted octanol–water partition coefficient (Wildman–Crippen LogP) is 4.68. The second kappa shape index (κ2) is 7.37. The molecule has 0 aromatic rings. The van der Waals surface area contributed by atoms with Crippen LogP contribution in [0.15, 0.2) is 0 Å². The first-order valence-electron chi connectivity index (χ1n) is 9.28. The molecule has 1 aliphatic rings. The molecule has 152 valence electrons. The first kappa shape index (κ1) is 23.3. The number of likely N-dealkylation sites (tertiary alicyclic amines) is 1. The van der Waals surface area contributed by atoms with Crippen molar-refractivity contribution in [2.24, 2.45) is 0 Å². The van der Waals surface area contributed by atoms with Gasteiger partial charge in [-0.1, -0.05) is 41.5 Å². The number of hydrogen-bond acceptors (Lipinski definition) is 4. The summed E-state index contributed by atoms with van der Waals surface area (Å²) in [7, 11) is -4.19. The molecule has 1 saturated heterocycles. The van der Waals surface area contributed by atoms with Crippen molar-refractivity contribution in [2.75, 3.05) is 6.61 Å². The Morgan fingerprint density at radius 2 is 1.54 bits per heavy atom. The lowest BCUT2D eigenvalue weighted by Crippen LogP contribution is -2.47. The van der Waals surface area contributed by atoms with Gasteiger partial charge in [0.15, 0.2) is 16.6 Å². The van der Waals surface area contributed by atoms with E-state index in [0.717, 1.165) is 4.90 Å². The smallest absolute Gasteiger partial charge is 0.414 e. The molecule has 0 unspecified atom stereocenters. The molecule has 0 radical (unpaired) electrons. The molecule has 0 aliphatic carbocycles. The molecule has 0 saturated carbocycles. The van der Waals surface area contributed by atoms with Gasteiger partial charge in [-0.05, 0) is 36.3 Å². The molecule has 0 bridgehead atoms. The van der Waals surface area contributed by atoms with Crippen LogP contribution in [0.4, 0.5) is 4.79 Å². The molecule has 1 N–H and O–H groups in total. The number of carbonyl (C=O) groups excluding carboxylic acids is 1. The lowest BCUT2D eigenvalue weighted by atomic mass is 10.2. The predicted molar refractivity (Wildman–Crippen MR) is 108 cm³/mol. The molecule has 1 rings (SSSR count). The minimum absolute atomic E-state index is 0.0285. The van der Waals surface area contributed by atoms with Crippen LogP contribution in [0.2, 0.25) is 36.3 Å². The molecule has 26 heavy (non-hydrogen) atoms. The van der Waals surface area contributed by atoms with Gasteiger partial charge >= 0.3 is 6.09 Å². The van der Waals surface area contributed by atoms with Crippen LogP contribution in [0, 0.1) is 0 Å². The van der Waals surface area contributed by atoms with Crippen LogP contribution in [0.1, 0.15) is 48.0 Å². The van der Waals surface area contributed by atoms with Crippen LogP contribution >= 0.6 is 0 Å². The van der Waals surface area contributed by atoms with Crippen molar-refractivity contribution in [1.29, 1.82) is 0 Å². The van der Waals surface area contributed by atoms with Gasteiger partial charge in [0.2, 0.25) is 0 Å². The largest absolute Gasteiger partial charge is 0.465 e. The number of imide groups is 1. The Morgan fingerprint density at radius 1 is 1.08 bits per heavy atom. The summed E-state index contributed by atoms with van der Waals surface area (Å²) in [5, 5.41) is 9.52. The van der Waals surface area contributed by atoms with Crippen molar-refractivity contribution in [3.8, 4) is 0 Å². The maximum absolute atomic E-state index is 12.7. The third-order valence-electron chi connectivity index (χ3n) is 6.26. The molecule has 1 heterocycles. The Kier molecular flexibility index (Phi) is 6.61. The molecular weight excluding hydrogens is 366 g/mol. The molecule has 1 aliphatic heterocycles. The molecule has 0 aromatic carbocycles. The third-order valence-corrected chi connectivity index (χ3v) is 15.2. The maximum Gasteiger partial charge on any atom is 0.414 e. The zero-order valence-corrected chi connectivity index (χ0v) is 20.1. The maximum atomic E-state index is 12.7. The molecule has 2 amide bonds. The molecule has 8 heteroatoms. The second-order valence-corrected chi connectivity index (χ2v) is 19.9. The van der Waals surface area contributed by atoms with E-state index in [1.165, 1.54) is 0 Å². The number of hydrogen-bond donors (Lipinski definition) is 1. The number of nitrogens with zero attached hydrogens (tertiary/aromatic N) is 1. The average Bonchev–Trinajstić information content (AvgIpc) is 2.70. The highest BCUT2D eigenvalue weighted by Crippen LogP contribution is 2.40. The molecule has 0 spiro atoms. The number of carbonyl (C=O) groups is 2. The van der Waals surface area contributed by atoms with E-state index >= 15 is 0 Å². The molecule has 1 fully saturated rings. The van der Waals surface area contributed by atoms with Crippen LogP contribution in [0.25, 0.3) is 0 Å². The van der Waals surface area contributed by atoms with Crippen molar-refractivity contribution < 1.29 is 23.5 Å². The Balaban J connectivity index is 2.94. The summed E-state index contributed by atoms with van der Waals surface area (Å²) in [5.41, 5.74) is 0. The molecule has 6 nitrogen and oxygen atoms in total. The van der Waals surface area contributed by atoms with E-state index in [9.17, 15) is 14.7 Å². The number of carboxylic acid groups (broad SMARTS) is 1. The summed E-state index contributed by atoms with van der Waals surface area (Å²) in [6, 6.07) is -0.483. The topological polar surface area (TPSA) is 76.1 Å². The summed E-state index contributed by atoms with van der Waals surface area (Å²) in [6.07, 6.45) is -1.55. The highest BCUT2D eigenvalue weighted by molar-refractivity contribution is 6.74. The van der Waals surface area contributed by atoms with Crippen LogP contribution < -0.4 is 0 Å². The Bertz CT molecular complexity index is 549. The van der Waals surface area contributed by atoms with Crippen LogP contribution in [0.5, 0.6) is 0 Å². The Morgan fingerprint density at radius 3 is 1.92 bits per heavy atom. The van der Waals surface area contributed by atoms with Crippen molar-refractivity contribution >= 4 is 28.6 Å². The summed E-state index contributed by atoms with van der Waals surface area (Å²) in [5.74, 6) is -0.453. The number of amides is 2. The van der Waals surface area contributed by atoms with E-state index in [1.54, 1.807) is 0 Å². The standard InChI is InChI=1S/C18H37NO5Si2/c1-17(2,3)25(7,8)23-12-13-11-14(15(20)19(13)16(21)22)24-26(9,10)18(4,5)6/h13-14H,11-12H2,1-10H3,(H,21,22)/t13-,14+/m0/s1. The van der Waals surface area contributed by atoms with Crippen molar-refractivity contribution in [2.45, 2.75) is 96.4 Å². The first-order valence-corrected chi connectivity index (χ1v) is 15.1. The summed E-state index contributed by atoms with van der Waals surface area (Å²) in [4.78, 5) is 25.3. The minimum atomic E-state index is -2.17. The lowest BCUT2D eigenvalue weighted by molar-refractivity contribution is -0.133. The van der Waals surface area contributed by atoms with Gasteiger partial charge in [-0.3, -0.25) is 4.79 Å². The van der Waals surface area contributed by atoms with Gasteiger partial charge < -0.3 is 14.0 Å². The summed E-state index contributed by atoms with van der Waals surface area (Å²) >= 11 is 0. The van der Waals surface area contributed by atoms with E-state index in [2.05, 4.69) is 67.7 Å². The second-order valence-electron chi connectivity index (χ2n) is 10.3. The monoisotopic (exact) mass is 403 g/mol. The van der Waals surface area contributed by atoms with Gasteiger partial charge in [-0.15, -0.1) is 0 Å². The highest BCUT2D eigenvalue weighted by atomic mass is 28.4. The Labute approximate surface area is 160 Å². The fourth-order valence-electron chi connectivity index (χ4n) is 2.33. The zero-order chi connectivity index (χ0) is 20.7. The molecule has 0 aromatic heterocycles. The van der Waals surface area contributed by atoms with Crippen molar-refractivity contribution in [3.05, 3.63) is 0 Å². The quantitative estimate of drug-likeness (QED) is 0.675. The van der Waals surface area contributed by atoms with Gasteiger partial charge in [0.25, 0.3) is 5.91 Å². The van der Waals surface area contributed by atoms with Crippen LogP contribution in [-0.4, -0.2) is 57.4 Å². The molecule has 2 atom stereocenters. The van der Waals surface area contributed by atoms with Crippen LogP contribution in [-0.2, 0) is 13.6 Å². The number of rotatable bonds is 5. The SMILES string of the molecule is CC(C)(C)[Si](C)(C)OC[C@@H]1C[C@@H](O[Si](C)(C)C(C)(C)C)C(=O)N1C(=O)O. The fourth-order valence-corrected chi connectivity index (χ4v) is 4.64. The zero-order valence-electron chi connectivity index (χ0n) is 18.1. The van der Waals surface area contributed by atoms with E-state index in [4.69, 9.17) is 8.85 Å². The Hall–Kier alpha value is -0.706. The van der Waals surface area contributed by atoms with E-state index in [-0.39, 0.29) is 16.7 Å². The van der Waals surface area contributed by atoms with Gasteiger partial charge in [0.1, 0.15) is 6.10 Å². The van der Waals surface area contributed by atoms with Gasteiger partial charge in [-0.2, -0.15) is 0 Å². The normalized spacial score (nSPS) is 22.8. The summed E-state index contributed by atoms with van der Waals surface area (Å²) < 4.78 is 12.4. The van der Waals surface area contributed by atoms with Crippen molar-refractivity contribution in [1.82, 2.24) is 4.90 Å². The average molecular weight is 404 g/mol. The minimum Gasteiger partial charge on any atom is -0.465 e. The lowest BCUT2D eigenvalue weighted by Gasteiger charge is -2.38. The first-order chi connectivity index (χ1) is 11.4. The highest BCUT2D eigenvalue weighted by Gasteiger charge is 2.49. The van der Waals surface area contributed by atoms with E-state index < -0.39 is 40.8 Å².